The zero-order chi connectivity index (χ0) is 19.0. The standard InChI is InChI=1S/C21H23NO4S/c23-21(24)20-14-17-8-4-5-9-19(17)22(20)27(25,26)18-12-10-16(11-13-18)15-6-2-1-3-7-15/h1-3,6-7,10-13,17,19-20H,4-5,8-9,14H2,(H,23,24). The first-order chi connectivity index (χ1) is 13.0. The average Bonchev–Trinajstić information content (AvgIpc) is 3.09. The number of nitrogens with zero attached hydrogens (tertiary/aromatic N) is 1. The summed E-state index contributed by atoms with van der Waals surface area (Å²) in [6, 6.07) is 15.3. The molecule has 0 radical (unpaired) electrons. The Hall–Kier alpha value is -2.18. The largest absolute Gasteiger partial charge is 0.480 e. The molecule has 2 fully saturated rings. The number of carboxylic acid groups (broad SMARTS) is 1. The highest BCUT2D eigenvalue weighted by Gasteiger charge is 2.51. The molecule has 0 aromatic heterocycles. The molecule has 3 atom stereocenters. The van der Waals surface area contributed by atoms with Gasteiger partial charge < -0.3 is 5.11 Å². The Labute approximate surface area is 159 Å². The third-order valence-corrected chi connectivity index (χ3v) is 7.80. The molecule has 1 N–H and O–H groups in total. The lowest BCUT2D eigenvalue weighted by Gasteiger charge is -2.32. The van der Waals surface area contributed by atoms with Crippen LogP contribution in [0, 0.1) is 5.92 Å². The predicted molar refractivity (Wildman–Crippen MR) is 103 cm³/mol. The van der Waals surface area contributed by atoms with Crippen LogP contribution in [0.25, 0.3) is 11.1 Å². The number of benzene rings is 2. The van der Waals surface area contributed by atoms with Crippen LogP contribution in [0.4, 0.5) is 0 Å². The minimum absolute atomic E-state index is 0.151. The molecule has 6 heteroatoms. The van der Waals surface area contributed by atoms with Crippen LogP contribution in [0.5, 0.6) is 0 Å². The number of carboxylic acids is 1. The van der Waals surface area contributed by atoms with Gasteiger partial charge in [-0.15, -0.1) is 0 Å². The van der Waals surface area contributed by atoms with Gasteiger partial charge in [0.25, 0.3) is 0 Å². The normalized spacial score (nSPS) is 25.9. The summed E-state index contributed by atoms with van der Waals surface area (Å²) in [7, 11) is -3.85. The highest BCUT2D eigenvalue weighted by molar-refractivity contribution is 7.89. The Kier molecular flexibility index (Phi) is 4.78. The van der Waals surface area contributed by atoms with E-state index >= 15 is 0 Å². The van der Waals surface area contributed by atoms with Gasteiger partial charge in [-0.1, -0.05) is 55.3 Å². The first-order valence-corrected chi connectivity index (χ1v) is 10.8. The molecule has 4 rings (SSSR count). The minimum Gasteiger partial charge on any atom is -0.480 e. The van der Waals surface area contributed by atoms with Gasteiger partial charge in [-0.3, -0.25) is 4.79 Å². The Morgan fingerprint density at radius 3 is 2.22 bits per heavy atom. The van der Waals surface area contributed by atoms with Crippen molar-refractivity contribution in [2.45, 2.75) is 49.1 Å². The lowest BCUT2D eigenvalue weighted by molar-refractivity contribution is -0.141. The summed E-state index contributed by atoms with van der Waals surface area (Å²) in [5, 5.41) is 9.63. The molecule has 1 saturated heterocycles. The molecule has 0 spiro atoms. The predicted octanol–water partition coefficient (Wildman–Crippen LogP) is 3.76. The lowest BCUT2D eigenvalue weighted by Crippen LogP contribution is -2.46. The van der Waals surface area contributed by atoms with Crippen molar-refractivity contribution in [3.05, 3.63) is 54.6 Å². The summed E-state index contributed by atoms with van der Waals surface area (Å²) in [5.74, 6) is -0.896. The van der Waals surface area contributed by atoms with Gasteiger partial charge in [0.2, 0.25) is 10.0 Å². The second-order valence-corrected chi connectivity index (χ2v) is 9.27. The molecule has 142 valence electrons. The van der Waals surface area contributed by atoms with E-state index in [1.807, 2.05) is 30.3 Å². The van der Waals surface area contributed by atoms with Gasteiger partial charge >= 0.3 is 5.97 Å². The third-order valence-electron chi connectivity index (χ3n) is 5.85. The van der Waals surface area contributed by atoms with E-state index in [-0.39, 0.29) is 16.9 Å². The van der Waals surface area contributed by atoms with Crippen molar-refractivity contribution in [2.75, 3.05) is 0 Å². The van der Waals surface area contributed by atoms with Crippen LogP contribution < -0.4 is 0 Å². The fourth-order valence-corrected chi connectivity index (χ4v) is 6.42. The Morgan fingerprint density at radius 2 is 1.56 bits per heavy atom. The molecule has 3 unspecified atom stereocenters. The first-order valence-electron chi connectivity index (χ1n) is 9.40. The van der Waals surface area contributed by atoms with Gasteiger partial charge in [-0.2, -0.15) is 4.31 Å². The molecule has 5 nitrogen and oxygen atoms in total. The van der Waals surface area contributed by atoms with E-state index in [1.165, 1.54) is 4.31 Å². The topological polar surface area (TPSA) is 74.7 Å². The summed E-state index contributed by atoms with van der Waals surface area (Å²) < 4.78 is 27.9. The second kappa shape index (κ2) is 7.09. The van der Waals surface area contributed by atoms with Gasteiger partial charge in [0, 0.05) is 6.04 Å². The van der Waals surface area contributed by atoms with Crippen LogP contribution in [0.1, 0.15) is 32.1 Å². The van der Waals surface area contributed by atoms with Crippen LogP contribution in [0.3, 0.4) is 0 Å². The Balaban J connectivity index is 1.68. The molecule has 27 heavy (non-hydrogen) atoms. The molecule has 1 heterocycles. The molecule has 0 amide bonds. The number of rotatable bonds is 4. The van der Waals surface area contributed by atoms with E-state index in [0.29, 0.717) is 6.42 Å². The van der Waals surface area contributed by atoms with Crippen molar-refractivity contribution in [1.29, 1.82) is 0 Å². The summed E-state index contributed by atoms with van der Waals surface area (Å²) in [4.78, 5) is 11.9. The molecule has 1 aliphatic heterocycles. The molecular formula is C21H23NO4S. The zero-order valence-corrected chi connectivity index (χ0v) is 15.8. The van der Waals surface area contributed by atoms with Gasteiger partial charge in [-0.25, -0.2) is 8.42 Å². The van der Waals surface area contributed by atoms with Crippen molar-refractivity contribution >= 4 is 16.0 Å². The van der Waals surface area contributed by atoms with Crippen molar-refractivity contribution < 1.29 is 18.3 Å². The molecule has 2 aliphatic rings. The zero-order valence-electron chi connectivity index (χ0n) is 15.0. The molecule has 0 bridgehead atoms. The highest BCUT2D eigenvalue weighted by atomic mass is 32.2. The van der Waals surface area contributed by atoms with Gasteiger partial charge in [0.05, 0.1) is 4.90 Å². The molecule has 2 aromatic carbocycles. The smallest absolute Gasteiger partial charge is 0.322 e. The molecule has 2 aromatic rings. The van der Waals surface area contributed by atoms with Gasteiger partial charge in [0.15, 0.2) is 0 Å². The van der Waals surface area contributed by atoms with Crippen LogP contribution in [0.15, 0.2) is 59.5 Å². The van der Waals surface area contributed by atoms with Crippen LogP contribution in [-0.4, -0.2) is 35.9 Å². The maximum atomic E-state index is 13.3. The fourth-order valence-electron chi connectivity index (χ4n) is 4.55. The van der Waals surface area contributed by atoms with E-state index in [2.05, 4.69) is 0 Å². The number of aliphatic carboxylic acids is 1. The van der Waals surface area contributed by atoms with Crippen molar-refractivity contribution in [2.24, 2.45) is 5.92 Å². The van der Waals surface area contributed by atoms with E-state index < -0.39 is 22.0 Å². The monoisotopic (exact) mass is 385 g/mol. The number of sulfonamides is 1. The maximum absolute atomic E-state index is 13.3. The number of hydrogen-bond donors (Lipinski definition) is 1. The van der Waals surface area contributed by atoms with E-state index in [4.69, 9.17) is 0 Å². The lowest BCUT2D eigenvalue weighted by atomic mass is 9.85. The Bertz CT molecular complexity index is 924. The first kappa shape index (κ1) is 18.2. The fraction of sp³-hybridized carbons (Fsp3) is 0.381. The summed E-state index contributed by atoms with van der Waals surface area (Å²) >= 11 is 0. The van der Waals surface area contributed by atoms with Crippen molar-refractivity contribution in [1.82, 2.24) is 4.31 Å². The van der Waals surface area contributed by atoms with Crippen LogP contribution >= 0.6 is 0 Å². The molecular weight excluding hydrogens is 362 g/mol. The SMILES string of the molecule is O=C(O)C1CC2CCCCC2N1S(=O)(=O)c1ccc(-c2ccccc2)cc1. The number of carbonyl (C=O) groups is 1. The minimum atomic E-state index is -3.85. The summed E-state index contributed by atoms with van der Waals surface area (Å²) in [5.41, 5.74) is 1.94. The molecule has 1 saturated carbocycles. The van der Waals surface area contributed by atoms with Crippen LogP contribution in [0.2, 0.25) is 0 Å². The van der Waals surface area contributed by atoms with Crippen molar-refractivity contribution in [3.8, 4) is 11.1 Å². The highest BCUT2D eigenvalue weighted by Crippen LogP contribution is 2.42. The van der Waals surface area contributed by atoms with Crippen LogP contribution in [-0.2, 0) is 14.8 Å². The molecule has 1 aliphatic carbocycles. The van der Waals surface area contributed by atoms with Gasteiger partial charge in [-0.05, 0) is 48.4 Å². The second-order valence-electron chi connectivity index (χ2n) is 7.43. The van der Waals surface area contributed by atoms with E-state index in [1.54, 1.807) is 24.3 Å². The quantitative estimate of drug-likeness (QED) is 0.870. The van der Waals surface area contributed by atoms with E-state index in [9.17, 15) is 18.3 Å². The maximum Gasteiger partial charge on any atom is 0.322 e. The van der Waals surface area contributed by atoms with Gasteiger partial charge in [0.1, 0.15) is 6.04 Å². The van der Waals surface area contributed by atoms with Crippen molar-refractivity contribution in [3.63, 3.8) is 0 Å². The third kappa shape index (κ3) is 3.28. The number of fused-ring (bicyclic) bond motifs is 1. The van der Waals surface area contributed by atoms with E-state index in [0.717, 1.165) is 36.8 Å². The summed E-state index contributed by atoms with van der Waals surface area (Å²) in [6.07, 6.45) is 4.07. The summed E-state index contributed by atoms with van der Waals surface area (Å²) in [6.45, 7) is 0. The average molecular weight is 385 g/mol. The Morgan fingerprint density at radius 1 is 0.926 bits per heavy atom. The number of hydrogen-bond acceptors (Lipinski definition) is 3.